The molecule has 0 aromatic heterocycles. The van der Waals surface area contributed by atoms with Crippen LogP contribution >= 0.6 is 0 Å². The Morgan fingerprint density at radius 1 is 0.897 bits per heavy atom. The zero-order valence-corrected chi connectivity index (χ0v) is 17.9. The molecule has 4 aliphatic carbocycles. The van der Waals surface area contributed by atoms with Crippen molar-refractivity contribution in [2.75, 3.05) is 13.1 Å². The van der Waals surface area contributed by atoms with Crippen LogP contribution in [-0.4, -0.2) is 37.8 Å². The molecule has 1 amide bonds. The molecule has 0 unspecified atom stereocenters. The SMILES string of the molecule is O=C(NC1C2CC3CC(C2)CC1C3)c1cccc(S(=O)(=O)N2CCCCCC2)c1. The predicted octanol–water partition coefficient (Wildman–Crippen LogP) is 3.81. The number of amides is 1. The standard InChI is InChI=1S/C23H32N2O3S/c26-23(24-22-19-11-16-10-17(13-19)14-20(22)12-16)18-6-5-7-21(15-18)29(27,28)25-8-3-1-2-4-9-25/h5-7,15-17,19-20,22H,1-4,8-14H2,(H,24,26). The summed E-state index contributed by atoms with van der Waals surface area (Å²) >= 11 is 0. The first-order chi connectivity index (χ1) is 14.0. The van der Waals surface area contributed by atoms with Gasteiger partial charge in [0.2, 0.25) is 10.0 Å². The van der Waals surface area contributed by atoms with Gasteiger partial charge in [0.1, 0.15) is 0 Å². The lowest BCUT2D eigenvalue weighted by atomic mass is 9.54. The van der Waals surface area contributed by atoms with Gasteiger partial charge in [-0.05, 0) is 86.8 Å². The van der Waals surface area contributed by atoms with Crippen LogP contribution in [0.2, 0.25) is 0 Å². The van der Waals surface area contributed by atoms with E-state index in [1.54, 1.807) is 28.6 Å². The molecule has 5 fully saturated rings. The summed E-state index contributed by atoms with van der Waals surface area (Å²) in [7, 11) is -3.54. The molecule has 0 radical (unpaired) electrons. The molecular formula is C23H32N2O3S. The number of benzene rings is 1. The van der Waals surface area contributed by atoms with Gasteiger partial charge >= 0.3 is 0 Å². The van der Waals surface area contributed by atoms with Gasteiger partial charge in [-0.2, -0.15) is 4.31 Å². The van der Waals surface area contributed by atoms with Gasteiger partial charge in [0.15, 0.2) is 0 Å². The highest BCUT2D eigenvalue weighted by atomic mass is 32.2. The molecule has 5 aliphatic rings. The molecule has 1 saturated heterocycles. The molecule has 1 N–H and O–H groups in total. The van der Waals surface area contributed by atoms with Crippen molar-refractivity contribution in [3.63, 3.8) is 0 Å². The Morgan fingerprint density at radius 3 is 2.14 bits per heavy atom. The fourth-order valence-electron chi connectivity index (χ4n) is 6.62. The maximum atomic E-state index is 13.1. The molecule has 5 nitrogen and oxygen atoms in total. The largest absolute Gasteiger partial charge is 0.349 e. The Bertz CT molecular complexity index is 846. The number of rotatable bonds is 4. The van der Waals surface area contributed by atoms with Gasteiger partial charge in [0, 0.05) is 24.7 Å². The summed E-state index contributed by atoms with van der Waals surface area (Å²) in [4.78, 5) is 13.3. The fraction of sp³-hybridized carbons (Fsp3) is 0.696. The van der Waals surface area contributed by atoms with Crippen LogP contribution in [0.5, 0.6) is 0 Å². The first-order valence-corrected chi connectivity index (χ1v) is 12.9. The Kier molecular flexibility index (Phi) is 5.19. The van der Waals surface area contributed by atoms with E-state index in [9.17, 15) is 13.2 Å². The molecule has 1 aromatic carbocycles. The van der Waals surface area contributed by atoms with Crippen molar-refractivity contribution in [1.82, 2.24) is 9.62 Å². The second-order valence-corrected chi connectivity index (χ2v) is 11.7. The molecule has 29 heavy (non-hydrogen) atoms. The molecule has 0 spiro atoms. The van der Waals surface area contributed by atoms with Gasteiger partial charge in [-0.1, -0.05) is 18.9 Å². The van der Waals surface area contributed by atoms with Crippen molar-refractivity contribution in [3.05, 3.63) is 29.8 Å². The molecule has 4 bridgehead atoms. The topological polar surface area (TPSA) is 66.5 Å². The molecule has 6 rings (SSSR count). The number of hydrogen-bond donors (Lipinski definition) is 1. The number of carbonyl (C=O) groups is 1. The van der Waals surface area contributed by atoms with E-state index < -0.39 is 10.0 Å². The normalized spacial score (nSPS) is 34.7. The van der Waals surface area contributed by atoms with Crippen molar-refractivity contribution < 1.29 is 13.2 Å². The van der Waals surface area contributed by atoms with Crippen LogP contribution in [0.3, 0.4) is 0 Å². The van der Waals surface area contributed by atoms with Crippen LogP contribution < -0.4 is 5.32 Å². The van der Waals surface area contributed by atoms with Crippen molar-refractivity contribution in [2.45, 2.75) is 68.7 Å². The first kappa shape index (κ1) is 19.6. The average molecular weight is 417 g/mol. The van der Waals surface area contributed by atoms with E-state index >= 15 is 0 Å². The van der Waals surface area contributed by atoms with E-state index in [4.69, 9.17) is 0 Å². The Balaban J connectivity index is 1.32. The third-order valence-corrected chi connectivity index (χ3v) is 9.72. The van der Waals surface area contributed by atoms with Gasteiger partial charge in [-0.15, -0.1) is 0 Å². The molecule has 6 heteroatoms. The molecule has 4 saturated carbocycles. The van der Waals surface area contributed by atoms with Crippen molar-refractivity contribution >= 4 is 15.9 Å². The van der Waals surface area contributed by atoms with Gasteiger partial charge < -0.3 is 5.32 Å². The van der Waals surface area contributed by atoms with Crippen LogP contribution in [0.25, 0.3) is 0 Å². The van der Waals surface area contributed by atoms with E-state index in [1.165, 1.54) is 32.1 Å². The van der Waals surface area contributed by atoms with E-state index in [1.807, 2.05) is 0 Å². The number of nitrogens with one attached hydrogen (secondary N) is 1. The smallest absolute Gasteiger partial charge is 0.251 e. The summed E-state index contributed by atoms with van der Waals surface area (Å²) < 4.78 is 27.8. The minimum Gasteiger partial charge on any atom is -0.349 e. The van der Waals surface area contributed by atoms with E-state index in [-0.39, 0.29) is 16.8 Å². The lowest BCUT2D eigenvalue weighted by Crippen LogP contribution is -2.55. The lowest BCUT2D eigenvalue weighted by Gasteiger charge is -2.54. The van der Waals surface area contributed by atoms with Gasteiger partial charge in [0.05, 0.1) is 4.90 Å². The highest BCUT2D eigenvalue weighted by molar-refractivity contribution is 7.89. The van der Waals surface area contributed by atoms with Crippen LogP contribution in [0.4, 0.5) is 0 Å². The number of sulfonamides is 1. The van der Waals surface area contributed by atoms with Gasteiger partial charge in [-0.25, -0.2) is 8.42 Å². The first-order valence-electron chi connectivity index (χ1n) is 11.4. The highest BCUT2D eigenvalue weighted by Crippen LogP contribution is 2.53. The predicted molar refractivity (Wildman–Crippen MR) is 112 cm³/mol. The molecule has 1 aromatic rings. The van der Waals surface area contributed by atoms with Crippen molar-refractivity contribution in [3.8, 4) is 0 Å². The third-order valence-electron chi connectivity index (χ3n) is 7.82. The highest BCUT2D eigenvalue weighted by Gasteiger charge is 2.48. The number of nitrogens with zero attached hydrogens (tertiary/aromatic N) is 1. The van der Waals surface area contributed by atoms with E-state index in [2.05, 4.69) is 5.32 Å². The molecule has 158 valence electrons. The van der Waals surface area contributed by atoms with Crippen LogP contribution in [-0.2, 0) is 10.0 Å². The van der Waals surface area contributed by atoms with Crippen LogP contribution in [0.15, 0.2) is 29.2 Å². The number of hydrogen-bond acceptors (Lipinski definition) is 3. The van der Waals surface area contributed by atoms with Crippen molar-refractivity contribution in [1.29, 1.82) is 0 Å². The lowest BCUT2D eigenvalue weighted by molar-refractivity contribution is -0.0119. The Hall–Kier alpha value is -1.40. The van der Waals surface area contributed by atoms with Gasteiger partial charge in [-0.3, -0.25) is 4.79 Å². The summed E-state index contributed by atoms with van der Waals surface area (Å²) in [5.41, 5.74) is 0.467. The van der Waals surface area contributed by atoms with Crippen molar-refractivity contribution in [2.24, 2.45) is 23.7 Å². The van der Waals surface area contributed by atoms with Gasteiger partial charge in [0.25, 0.3) is 5.91 Å². The van der Waals surface area contributed by atoms with E-state index in [0.717, 1.165) is 37.5 Å². The second-order valence-electron chi connectivity index (χ2n) is 9.78. The Morgan fingerprint density at radius 2 is 1.52 bits per heavy atom. The van der Waals surface area contributed by atoms with Crippen LogP contribution in [0, 0.1) is 23.7 Å². The molecule has 1 heterocycles. The Labute approximate surface area is 174 Å². The number of carbonyl (C=O) groups excluding carboxylic acids is 1. The van der Waals surface area contributed by atoms with E-state index in [0.29, 0.717) is 30.5 Å². The maximum absolute atomic E-state index is 13.1. The molecule has 1 aliphatic heterocycles. The van der Waals surface area contributed by atoms with Crippen LogP contribution in [0.1, 0.15) is 68.1 Å². The fourth-order valence-corrected chi connectivity index (χ4v) is 8.19. The monoisotopic (exact) mass is 416 g/mol. The summed E-state index contributed by atoms with van der Waals surface area (Å²) in [6.07, 6.45) is 10.4. The summed E-state index contributed by atoms with van der Waals surface area (Å²) in [6.45, 7) is 1.15. The third kappa shape index (κ3) is 3.74. The summed E-state index contributed by atoms with van der Waals surface area (Å²) in [5, 5.41) is 3.30. The minimum absolute atomic E-state index is 0.115. The zero-order chi connectivity index (χ0) is 20.0. The second kappa shape index (κ2) is 7.69. The summed E-state index contributed by atoms with van der Waals surface area (Å²) in [6, 6.07) is 6.91. The minimum atomic E-state index is -3.54. The quantitative estimate of drug-likeness (QED) is 0.812. The average Bonchev–Trinajstić information content (AvgIpc) is 3.00. The molecule has 0 atom stereocenters. The summed E-state index contributed by atoms with van der Waals surface area (Å²) in [5.74, 6) is 2.84. The zero-order valence-electron chi connectivity index (χ0n) is 17.1. The maximum Gasteiger partial charge on any atom is 0.251 e. The molecular weight excluding hydrogens is 384 g/mol.